The smallest absolute Gasteiger partial charge is 0.291 e. The van der Waals surface area contributed by atoms with Crippen LogP contribution in [0, 0.1) is 0 Å². The maximum Gasteiger partial charge on any atom is 0.358 e. The summed E-state index contributed by atoms with van der Waals surface area (Å²) in [5.41, 5.74) is 0. The molecule has 0 unspecified atom stereocenters. The lowest BCUT2D eigenvalue weighted by atomic mass is 10.4. The molecule has 0 aromatic rings. The quantitative estimate of drug-likeness (QED) is 0.431. The monoisotopic (exact) mass is 365 g/mol. The van der Waals surface area contributed by atoms with Crippen molar-refractivity contribution in [3.05, 3.63) is 0 Å². The summed E-state index contributed by atoms with van der Waals surface area (Å²) in [6, 6.07) is -1.48. The topological polar surface area (TPSA) is 9.72 Å². The molecule has 0 atom stereocenters. The lowest BCUT2D eigenvalue weighted by molar-refractivity contribution is 0.331. The molecular formula is C12H24IN3Si. The van der Waals surface area contributed by atoms with Gasteiger partial charge in [0.1, 0.15) is 0 Å². The van der Waals surface area contributed by atoms with Crippen LogP contribution in [-0.4, -0.2) is 59.0 Å². The molecule has 17 heavy (non-hydrogen) atoms. The number of halogens is 1. The van der Waals surface area contributed by atoms with Crippen molar-refractivity contribution >= 4 is 27.9 Å². The second-order valence-electron chi connectivity index (χ2n) is 5.64. The summed E-state index contributed by atoms with van der Waals surface area (Å²) >= 11 is 2.90. The Labute approximate surface area is 119 Å². The molecule has 0 N–H and O–H groups in total. The summed E-state index contributed by atoms with van der Waals surface area (Å²) in [7, 11) is 0. The van der Waals surface area contributed by atoms with Crippen molar-refractivity contribution < 1.29 is 0 Å². The van der Waals surface area contributed by atoms with E-state index in [0.717, 1.165) is 0 Å². The minimum absolute atomic E-state index is 1.36. The second kappa shape index (κ2) is 5.44. The molecule has 5 heteroatoms. The fraction of sp³-hybridized carbons (Fsp3) is 1.00. The van der Waals surface area contributed by atoms with Crippen molar-refractivity contribution in [1.29, 1.82) is 0 Å². The molecule has 0 aromatic carbocycles. The van der Waals surface area contributed by atoms with Crippen LogP contribution in [-0.2, 0) is 0 Å². The molecular weight excluding hydrogens is 341 g/mol. The first-order valence-electron chi connectivity index (χ1n) is 7.26. The van der Waals surface area contributed by atoms with Gasteiger partial charge in [-0.05, 0) is 77.8 Å². The van der Waals surface area contributed by atoms with Gasteiger partial charge in [-0.2, -0.15) is 0 Å². The fourth-order valence-corrected chi connectivity index (χ4v) is 11.8. The average Bonchev–Trinajstić information content (AvgIpc) is 3.10. The molecule has 3 aliphatic heterocycles. The van der Waals surface area contributed by atoms with Gasteiger partial charge >= 0.3 is 6.06 Å². The highest BCUT2D eigenvalue weighted by molar-refractivity contribution is 14.1. The van der Waals surface area contributed by atoms with Gasteiger partial charge in [-0.15, -0.1) is 0 Å². The van der Waals surface area contributed by atoms with Crippen LogP contribution in [0.2, 0.25) is 0 Å². The Morgan fingerprint density at radius 1 is 0.529 bits per heavy atom. The molecule has 3 nitrogen and oxygen atoms in total. The Kier molecular flexibility index (Phi) is 4.11. The SMILES string of the molecule is I[Si](N1CCCC1)(N1CCCC1)N1CCCC1. The van der Waals surface area contributed by atoms with Crippen molar-refractivity contribution in [2.75, 3.05) is 39.3 Å². The molecule has 0 radical (unpaired) electrons. The Morgan fingerprint density at radius 2 is 0.765 bits per heavy atom. The van der Waals surface area contributed by atoms with Crippen molar-refractivity contribution in [3.63, 3.8) is 0 Å². The van der Waals surface area contributed by atoms with E-state index in [9.17, 15) is 0 Å². The first-order chi connectivity index (χ1) is 8.32. The van der Waals surface area contributed by atoms with Crippen LogP contribution in [0.25, 0.3) is 0 Å². The minimum Gasteiger partial charge on any atom is -0.291 e. The lowest BCUT2D eigenvalue weighted by Crippen LogP contribution is -2.69. The summed E-state index contributed by atoms with van der Waals surface area (Å²) in [4.78, 5) is 0. The van der Waals surface area contributed by atoms with Crippen LogP contribution in [0.1, 0.15) is 38.5 Å². The van der Waals surface area contributed by atoms with E-state index in [2.05, 4.69) is 35.5 Å². The van der Waals surface area contributed by atoms with Crippen molar-refractivity contribution in [1.82, 2.24) is 13.7 Å². The molecule has 3 rings (SSSR count). The Hall–Kier alpha value is 0.827. The molecule has 0 aromatic heterocycles. The number of hydrogen-bond acceptors (Lipinski definition) is 3. The average molecular weight is 365 g/mol. The number of hydrogen-bond donors (Lipinski definition) is 0. The summed E-state index contributed by atoms with van der Waals surface area (Å²) in [5, 5.41) is 0. The van der Waals surface area contributed by atoms with Crippen molar-refractivity contribution in [2.24, 2.45) is 0 Å². The van der Waals surface area contributed by atoms with Crippen LogP contribution in [0.15, 0.2) is 0 Å². The Morgan fingerprint density at radius 3 is 1.00 bits per heavy atom. The summed E-state index contributed by atoms with van der Waals surface area (Å²) in [5.74, 6) is 0. The molecule has 98 valence electrons. The highest BCUT2D eigenvalue weighted by Gasteiger charge is 2.51. The van der Waals surface area contributed by atoms with E-state index in [-0.39, 0.29) is 0 Å². The van der Waals surface area contributed by atoms with E-state index in [1.54, 1.807) is 0 Å². The summed E-state index contributed by atoms with van der Waals surface area (Å²) < 4.78 is 8.64. The van der Waals surface area contributed by atoms with Gasteiger partial charge < -0.3 is 0 Å². The van der Waals surface area contributed by atoms with Crippen LogP contribution >= 0.6 is 21.8 Å². The predicted molar refractivity (Wildman–Crippen MR) is 82.2 cm³/mol. The van der Waals surface area contributed by atoms with Gasteiger partial charge in [0.15, 0.2) is 0 Å². The van der Waals surface area contributed by atoms with Crippen molar-refractivity contribution in [3.8, 4) is 0 Å². The molecule has 3 saturated heterocycles. The van der Waals surface area contributed by atoms with E-state index in [1.807, 2.05) is 0 Å². The zero-order chi connectivity index (χ0) is 11.7. The Bertz CT molecular complexity index is 218. The molecule has 0 saturated carbocycles. The van der Waals surface area contributed by atoms with Gasteiger partial charge in [-0.1, -0.05) is 21.8 Å². The molecule has 0 amide bonds. The maximum atomic E-state index is 2.90. The number of nitrogens with zero attached hydrogens (tertiary/aromatic N) is 3. The fourth-order valence-electron chi connectivity index (χ4n) is 3.60. The first-order valence-corrected chi connectivity index (χ1v) is 12.2. The molecule has 0 spiro atoms. The molecule has 3 aliphatic rings. The summed E-state index contributed by atoms with van der Waals surface area (Å²) in [6.45, 7) is 8.18. The van der Waals surface area contributed by atoms with E-state index in [4.69, 9.17) is 0 Å². The zero-order valence-corrected chi connectivity index (χ0v) is 13.9. The zero-order valence-electron chi connectivity index (χ0n) is 10.7. The van der Waals surface area contributed by atoms with Gasteiger partial charge in [0.05, 0.1) is 0 Å². The van der Waals surface area contributed by atoms with Crippen LogP contribution in [0.3, 0.4) is 0 Å². The van der Waals surface area contributed by atoms with Gasteiger partial charge in [-0.3, -0.25) is 13.7 Å². The second-order valence-corrected chi connectivity index (χ2v) is 13.0. The van der Waals surface area contributed by atoms with Gasteiger partial charge in [0, 0.05) is 0 Å². The predicted octanol–water partition coefficient (Wildman–Crippen LogP) is 2.14. The van der Waals surface area contributed by atoms with E-state index in [1.165, 1.54) is 77.8 Å². The maximum absolute atomic E-state index is 2.90. The molecule has 3 heterocycles. The Balaban J connectivity index is 1.81. The van der Waals surface area contributed by atoms with E-state index >= 15 is 0 Å². The van der Waals surface area contributed by atoms with Gasteiger partial charge in [0.2, 0.25) is 0 Å². The number of rotatable bonds is 3. The van der Waals surface area contributed by atoms with Gasteiger partial charge in [-0.25, -0.2) is 0 Å². The third kappa shape index (κ3) is 2.33. The first kappa shape index (κ1) is 12.8. The van der Waals surface area contributed by atoms with E-state index in [0.29, 0.717) is 0 Å². The standard InChI is InChI=1S/C12H24IN3Si/c13-17(14-7-1-2-8-14,15-9-3-4-10-15)16-11-5-6-12-16/h1-12H2. The van der Waals surface area contributed by atoms with Crippen LogP contribution in [0.5, 0.6) is 0 Å². The van der Waals surface area contributed by atoms with Crippen LogP contribution < -0.4 is 0 Å². The third-order valence-corrected chi connectivity index (χ3v) is 14.4. The normalized spacial score (nSPS) is 29.5. The lowest BCUT2D eigenvalue weighted by Gasteiger charge is -2.46. The minimum atomic E-state index is -1.48. The third-order valence-electron chi connectivity index (χ3n) is 4.53. The molecule has 3 fully saturated rings. The summed E-state index contributed by atoms with van der Waals surface area (Å²) in [6.07, 6.45) is 8.58. The van der Waals surface area contributed by atoms with Crippen molar-refractivity contribution in [2.45, 2.75) is 38.5 Å². The van der Waals surface area contributed by atoms with Crippen LogP contribution in [0.4, 0.5) is 0 Å². The highest BCUT2D eigenvalue weighted by atomic mass is 127. The molecule has 0 aliphatic carbocycles. The largest absolute Gasteiger partial charge is 0.358 e. The molecule has 0 bridgehead atoms. The van der Waals surface area contributed by atoms with E-state index < -0.39 is 6.06 Å². The van der Waals surface area contributed by atoms with Gasteiger partial charge in [0.25, 0.3) is 0 Å². The highest BCUT2D eigenvalue weighted by Crippen LogP contribution is 2.35.